The van der Waals surface area contributed by atoms with Gasteiger partial charge in [0.2, 0.25) is 5.91 Å². The van der Waals surface area contributed by atoms with E-state index in [0.717, 1.165) is 23.7 Å². The van der Waals surface area contributed by atoms with Crippen LogP contribution in [0.1, 0.15) is 43.8 Å². The lowest BCUT2D eigenvalue weighted by atomic mass is 9.73. The van der Waals surface area contributed by atoms with Crippen molar-refractivity contribution in [2.75, 3.05) is 32.5 Å². The number of hydroxylamine groups is 1. The van der Waals surface area contributed by atoms with Crippen LogP contribution in [0, 0.1) is 5.41 Å². The Morgan fingerprint density at radius 3 is 2.81 bits per heavy atom. The summed E-state index contributed by atoms with van der Waals surface area (Å²) < 4.78 is 21.0. The lowest BCUT2D eigenvalue weighted by Crippen LogP contribution is -2.48. The van der Waals surface area contributed by atoms with E-state index in [9.17, 15) is 10.0 Å². The van der Waals surface area contributed by atoms with Gasteiger partial charge in [0.25, 0.3) is 0 Å². The van der Waals surface area contributed by atoms with Crippen LogP contribution in [0.15, 0.2) is 48.0 Å². The maximum Gasteiger partial charge on any atom is 0.249 e. The van der Waals surface area contributed by atoms with Crippen molar-refractivity contribution in [3.63, 3.8) is 0 Å². The standard InChI is InChI=1S/C26H31ClFN5O3S/c1-36-18-3-4-22-19(15-18)24(20(27)16-31-22)21(28)5-6-26(25(34)32-35)7-12-33(13-8-26)11-2-14-37-23-17-29-9-10-30-23/h3-4,9-10,15-17,21,35H,2,5-8,11-14H2,1H3,(H,32,34). The van der Waals surface area contributed by atoms with Crippen molar-refractivity contribution in [1.82, 2.24) is 25.3 Å². The van der Waals surface area contributed by atoms with E-state index in [-0.39, 0.29) is 11.4 Å². The summed E-state index contributed by atoms with van der Waals surface area (Å²) in [7, 11) is 1.55. The summed E-state index contributed by atoms with van der Waals surface area (Å²) in [5.41, 5.74) is 1.97. The monoisotopic (exact) mass is 547 g/mol. The molecule has 1 aromatic carbocycles. The molecule has 1 aliphatic rings. The summed E-state index contributed by atoms with van der Waals surface area (Å²) in [5, 5.41) is 11.2. The summed E-state index contributed by atoms with van der Waals surface area (Å²) >= 11 is 8.05. The molecule has 1 fully saturated rings. The van der Waals surface area contributed by atoms with Gasteiger partial charge in [-0.3, -0.25) is 20.0 Å². The highest BCUT2D eigenvalue weighted by molar-refractivity contribution is 7.99. The molecule has 1 amide bonds. The average molecular weight is 548 g/mol. The summed E-state index contributed by atoms with van der Waals surface area (Å²) in [5.74, 6) is 1.06. The molecule has 1 aliphatic heterocycles. The minimum atomic E-state index is -1.40. The normalized spacial score (nSPS) is 16.4. The fraction of sp³-hybridized carbons (Fsp3) is 0.462. The van der Waals surface area contributed by atoms with Gasteiger partial charge in [-0.1, -0.05) is 11.6 Å². The van der Waals surface area contributed by atoms with Gasteiger partial charge in [0, 0.05) is 35.3 Å². The van der Waals surface area contributed by atoms with Crippen LogP contribution in [0.2, 0.25) is 5.02 Å². The molecule has 11 heteroatoms. The van der Waals surface area contributed by atoms with E-state index in [4.69, 9.17) is 16.3 Å². The van der Waals surface area contributed by atoms with Crippen LogP contribution >= 0.6 is 23.4 Å². The Kier molecular flexibility index (Phi) is 9.53. The number of aromatic nitrogens is 3. The second kappa shape index (κ2) is 12.8. The molecule has 0 saturated carbocycles. The van der Waals surface area contributed by atoms with Crippen LogP contribution < -0.4 is 10.2 Å². The Labute approximate surface area is 224 Å². The highest BCUT2D eigenvalue weighted by atomic mass is 35.5. The highest BCUT2D eigenvalue weighted by Crippen LogP contribution is 2.42. The van der Waals surface area contributed by atoms with Crippen LogP contribution in [0.5, 0.6) is 5.75 Å². The molecule has 3 heterocycles. The van der Waals surface area contributed by atoms with Gasteiger partial charge in [0.05, 0.1) is 29.3 Å². The maximum absolute atomic E-state index is 15.7. The summed E-state index contributed by atoms with van der Waals surface area (Å²) in [6, 6.07) is 5.26. The molecule has 37 heavy (non-hydrogen) atoms. The molecule has 0 aliphatic carbocycles. The summed E-state index contributed by atoms with van der Waals surface area (Å²) in [4.78, 5) is 27.7. The number of fused-ring (bicyclic) bond motifs is 1. The number of hydrogen-bond acceptors (Lipinski definition) is 8. The molecule has 198 valence electrons. The minimum Gasteiger partial charge on any atom is -0.497 e. The van der Waals surface area contributed by atoms with Crippen molar-refractivity contribution in [1.29, 1.82) is 0 Å². The van der Waals surface area contributed by atoms with E-state index in [1.807, 2.05) is 5.48 Å². The first-order chi connectivity index (χ1) is 18.0. The number of amides is 1. The number of methoxy groups -OCH3 is 1. The molecule has 8 nitrogen and oxygen atoms in total. The van der Waals surface area contributed by atoms with Gasteiger partial charge >= 0.3 is 0 Å². The number of hydrogen-bond donors (Lipinski definition) is 2. The molecule has 1 saturated heterocycles. The number of nitrogens with zero attached hydrogens (tertiary/aromatic N) is 4. The Hall–Kier alpha value is -2.53. The number of benzene rings is 1. The number of carbonyl (C=O) groups excluding carboxylic acids is 1. The summed E-state index contributed by atoms with van der Waals surface area (Å²) in [6.45, 7) is 2.31. The molecule has 2 N–H and O–H groups in total. The van der Waals surface area contributed by atoms with Gasteiger partial charge in [-0.15, -0.1) is 11.8 Å². The SMILES string of the molecule is COc1ccc2ncc(Cl)c(C(F)CCC3(C(=O)NO)CCN(CCCSc4cnccn4)CC3)c2c1. The number of thioether (sulfide) groups is 1. The van der Waals surface area contributed by atoms with E-state index in [0.29, 0.717) is 54.6 Å². The van der Waals surface area contributed by atoms with Crippen LogP contribution in [0.4, 0.5) is 4.39 Å². The van der Waals surface area contributed by atoms with E-state index in [1.165, 1.54) is 6.20 Å². The molecule has 0 radical (unpaired) electrons. The number of likely N-dealkylation sites (tertiary alicyclic amines) is 1. The van der Waals surface area contributed by atoms with Crippen LogP contribution in [-0.4, -0.2) is 63.5 Å². The molecule has 1 atom stereocenters. The molecule has 3 aromatic rings. The molecule has 2 aromatic heterocycles. The van der Waals surface area contributed by atoms with Gasteiger partial charge < -0.3 is 9.64 Å². The molecule has 0 spiro atoms. The third-order valence-corrected chi connectivity index (χ3v) is 8.36. The third kappa shape index (κ3) is 6.67. The molecular formula is C26H31ClFN5O3S. The Bertz CT molecular complexity index is 1200. The first-order valence-corrected chi connectivity index (χ1v) is 13.6. The molecule has 1 unspecified atom stereocenters. The average Bonchev–Trinajstić information content (AvgIpc) is 2.94. The zero-order chi connectivity index (χ0) is 26.3. The number of rotatable bonds is 11. The second-order valence-corrected chi connectivity index (χ2v) is 10.7. The van der Waals surface area contributed by atoms with Crippen molar-refractivity contribution in [2.24, 2.45) is 5.41 Å². The quantitative estimate of drug-likeness (QED) is 0.145. The smallest absolute Gasteiger partial charge is 0.249 e. The van der Waals surface area contributed by atoms with Gasteiger partial charge in [-0.25, -0.2) is 14.9 Å². The maximum atomic E-state index is 15.7. The van der Waals surface area contributed by atoms with E-state index >= 15 is 4.39 Å². The number of halogens is 2. The van der Waals surface area contributed by atoms with Gasteiger partial charge in [0.15, 0.2) is 0 Å². The number of carbonyl (C=O) groups is 1. The number of ether oxygens (including phenoxy) is 1. The lowest BCUT2D eigenvalue weighted by molar-refractivity contribution is -0.143. The Balaban J connectivity index is 1.36. The van der Waals surface area contributed by atoms with E-state index < -0.39 is 17.5 Å². The van der Waals surface area contributed by atoms with Crippen LogP contribution in [0.3, 0.4) is 0 Å². The van der Waals surface area contributed by atoms with Crippen molar-refractivity contribution < 1.29 is 19.1 Å². The zero-order valence-electron chi connectivity index (χ0n) is 20.7. The minimum absolute atomic E-state index is 0.0955. The number of piperidine rings is 1. The Morgan fingerprint density at radius 2 is 2.11 bits per heavy atom. The number of nitrogens with one attached hydrogen (secondary N) is 1. The molecule has 4 rings (SSSR count). The second-order valence-electron chi connectivity index (χ2n) is 9.22. The molecular weight excluding hydrogens is 517 g/mol. The predicted molar refractivity (Wildman–Crippen MR) is 142 cm³/mol. The number of alkyl halides is 1. The van der Waals surface area contributed by atoms with Crippen molar-refractivity contribution >= 4 is 40.2 Å². The third-order valence-electron chi connectivity index (χ3n) is 7.06. The van der Waals surface area contributed by atoms with Crippen molar-refractivity contribution in [3.8, 4) is 5.75 Å². The first kappa shape index (κ1) is 27.5. The predicted octanol–water partition coefficient (Wildman–Crippen LogP) is 5.25. The zero-order valence-corrected chi connectivity index (χ0v) is 22.3. The summed E-state index contributed by atoms with van der Waals surface area (Å²) in [6.07, 6.45) is 7.60. The number of pyridine rings is 1. The van der Waals surface area contributed by atoms with Gasteiger partial charge in [0.1, 0.15) is 16.9 Å². The highest BCUT2D eigenvalue weighted by Gasteiger charge is 2.41. The first-order valence-electron chi connectivity index (χ1n) is 12.3. The lowest BCUT2D eigenvalue weighted by Gasteiger charge is -2.40. The van der Waals surface area contributed by atoms with E-state index in [2.05, 4.69) is 19.9 Å². The van der Waals surface area contributed by atoms with E-state index in [1.54, 1.807) is 55.7 Å². The fourth-order valence-corrected chi connectivity index (χ4v) is 5.92. The topological polar surface area (TPSA) is 100 Å². The fourth-order valence-electron chi connectivity index (χ4n) is 4.90. The largest absolute Gasteiger partial charge is 0.497 e. The van der Waals surface area contributed by atoms with Crippen LogP contribution in [0.25, 0.3) is 10.9 Å². The molecule has 0 bridgehead atoms. The van der Waals surface area contributed by atoms with Gasteiger partial charge in [-0.2, -0.15) is 0 Å². The van der Waals surface area contributed by atoms with Crippen molar-refractivity contribution in [3.05, 3.63) is 53.6 Å². The van der Waals surface area contributed by atoms with Crippen LogP contribution in [-0.2, 0) is 4.79 Å². The van der Waals surface area contributed by atoms with Crippen molar-refractivity contribution in [2.45, 2.75) is 43.3 Å². The van der Waals surface area contributed by atoms with Gasteiger partial charge in [-0.05, 0) is 69.9 Å². The Morgan fingerprint density at radius 1 is 1.30 bits per heavy atom.